The van der Waals surface area contributed by atoms with Crippen molar-refractivity contribution in [2.75, 3.05) is 12.4 Å². The van der Waals surface area contributed by atoms with Crippen LogP contribution in [0.25, 0.3) is 16.8 Å². The maximum absolute atomic E-state index is 12.9. The monoisotopic (exact) mass is 455 g/mol. The van der Waals surface area contributed by atoms with Crippen molar-refractivity contribution in [2.45, 2.75) is 19.6 Å². The summed E-state index contributed by atoms with van der Waals surface area (Å²) in [4.78, 5) is 43.5. The predicted molar refractivity (Wildman–Crippen MR) is 124 cm³/mol. The maximum Gasteiger partial charge on any atom is 0.262 e. The second-order valence-corrected chi connectivity index (χ2v) is 7.94. The number of nitrogens with zero attached hydrogens (tertiary/aromatic N) is 4. The number of hydrogen-bond donors (Lipinski definition) is 1. The fourth-order valence-electron chi connectivity index (χ4n) is 4.07. The van der Waals surface area contributed by atoms with Crippen LogP contribution in [0.2, 0.25) is 0 Å². The van der Waals surface area contributed by atoms with Crippen molar-refractivity contribution in [3.05, 3.63) is 83.6 Å². The number of benzene rings is 2. The Morgan fingerprint density at radius 2 is 1.62 bits per heavy atom. The van der Waals surface area contributed by atoms with E-state index < -0.39 is 23.8 Å². The molecule has 0 saturated heterocycles. The zero-order valence-corrected chi connectivity index (χ0v) is 18.6. The highest BCUT2D eigenvalue weighted by Crippen LogP contribution is 2.26. The molecule has 0 saturated carbocycles. The zero-order chi connectivity index (χ0) is 23.8. The van der Waals surface area contributed by atoms with Gasteiger partial charge in [0.2, 0.25) is 11.9 Å². The minimum atomic E-state index is -1.03. The Morgan fingerprint density at radius 3 is 2.29 bits per heavy atom. The molecule has 3 amide bonds. The van der Waals surface area contributed by atoms with Crippen LogP contribution in [0.1, 0.15) is 33.2 Å². The zero-order valence-electron chi connectivity index (χ0n) is 18.6. The molecule has 9 heteroatoms. The number of carbonyl (C=O) groups is 3. The molecule has 0 radical (unpaired) electrons. The molecule has 3 heterocycles. The Bertz CT molecular complexity index is 1410. The summed E-state index contributed by atoms with van der Waals surface area (Å²) < 4.78 is 6.86. The van der Waals surface area contributed by atoms with Crippen LogP contribution in [0.3, 0.4) is 0 Å². The number of fused-ring (bicyclic) bond motifs is 2. The number of anilines is 1. The lowest BCUT2D eigenvalue weighted by Gasteiger charge is -2.20. The number of pyridine rings is 1. The van der Waals surface area contributed by atoms with E-state index in [4.69, 9.17) is 4.74 Å². The highest BCUT2D eigenvalue weighted by molar-refractivity contribution is 6.23. The van der Waals surface area contributed by atoms with Crippen LogP contribution in [-0.4, -0.2) is 50.4 Å². The van der Waals surface area contributed by atoms with Crippen molar-refractivity contribution in [2.24, 2.45) is 0 Å². The molecule has 0 aliphatic carbocycles. The molecule has 1 aliphatic heterocycles. The van der Waals surface area contributed by atoms with E-state index in [1.807, 2.05) is 36.5 Å². The molecule has 170 valence electrons. The maximum atomic E-state index is 12.9. The average Bonchev–Trinajstić information content (AvgIpc) is 3.36. The summed E-state index contributed by atoms with van der Waals surface area (Å²) in [6.45, 7) is 1.97. The Hall–Kier alpha value is -4.37. The van der Waals surface area contributed by atoms with E-state index in [0.717, 1.165) is 21.6 Å². The largest absolute Gasteiger partial charge is 0.380 e. The van der Waals surface area contributed by atoms with Crippen LogP contribution in [0.15, 0.2) is 66.9 Å². The van der Waals surface area contributed by atoms with Crippen molar-refractivity contribution in [1.29, 1.82) is 0 Å². The number of ether oxygens (including phenoxy) is 1. The minimum absolute atomic E-state index is 0.0794. The van der Waals surface area contributed by atoms with Gasteiger partial charge in [-0.25, -0.2) is 4.52 Å². The van der Waals surface area contributed by atoms with Crippen LogP contribution in [0, 0.1) is 0 Å². The molecule has 2 aromatic heterocycles. The molecular weight excluding hydrogens is 434 g/mol. The normalized spacial score (nSPS) is 13.9. The van der Waals surface area contributed by atoms with Gasteiger partial charge in [-0.3, -0.25) is 24.6 Å². The van der Waals surface area contributed by atoms with E-state index >= 15 is 0 Å². The van der Waals surface area contributed by atoms with Gasteiger partial charge in [0.15, 0.2) is 5.65 Å². The van der Waals surface area contributed by atoms with Gasteiger partial charge in [-0.1, -0.05) is 36.4 Å². The third kappa shape index (κ3) is 3.61. The first-order valence-electron chi connectivity index (χ1n) is 10.7. The topological polar surface area (TPSA) is 106 Å². The molecule has 9 nitrogen and oxygen atoms in total. The van der Waals surface area contributed by atoms with Crippen molar-refractivity contribution in [3.8, 4) is 11.1 Å². The van der Waals surface area contributed by atoms with Gasteiger partial charge in [0, 0.05) is 18.9 Å². The van der Waals surface area contributed by atoms with Gasteiger partial charge in [0.05, 0.1) is 17.7 Å². The van der Waals surface area contributed by atoms with Crippen molar-refractivity contribution >= 4 is 29.3 Å². The number of aromatic nitrogens is 3. The number of hydrogen-bond acceptors (Lipinski definition) is 6. The quantitative estimate of drug-likeness (QED) is 0.448. The van der Waals surface area contributed by atoms with Gasteiger partial charge in [-0.2, -0.15) is 4.98 Å². The lowest BCUT2D eigenvalue weighted by molar-refractivity contribution is -0.119. The summed E-state index contributed by atoms with van der Waals surface area (Å²) in [5.41, 5.74) is 4.08. The van der Waals surface area contributed by atoms with Crippen molar-refractivity contribution < 1.29 is 19.1 Å². The number of nitrogens with one attached hydrogen (secondary N) is 1. The first-order chi connectivity index (χ1) is 16.5. The molecule has 0 bridgehead atoms. The summed E-state index contributed by atoms with van der Waals surface area (Å²) in [7, 11) is 1.65. The van der Waals surface area contributed by atoms with Gasteiger partial charge >= 0.3 is 0 Å². The number of imide groups is 1. The molecular formula is C25H21N5O4. The standard InChI is InChI=1S/C25H21N5O4/c1-15(30-23(32)19-9-5-6-10-20(19)24(30)33)22(31)27-25-26-21-12-11-16(13-29(21)28-25)18-8-4-3-7-17(18)14-34-2/h3-13,15H,14H2,1-2H3,(H,27,28,31)/t15-/m1/s1. The van der Waals surface area contributed by atoms with Crippen molar-refractivity contribution in [3.63, 3.8) is 0 Å². The predicted octanol–water partition coefficient (Wildman–Crippen LogP) is 3.17. The van der Waals surface area contributed by atoms with Crippen LogP contribution >= 0.6 is 0 Å². The van der Waals surface area contributed by atoms with E-state index in [0.29, 0.717) is 23.4 Å². The lowest BCUT2D eigenvalue weighted by Crippen LogP contribution is -2.45. The molecule has 0 fully saturated rings. The van der Waals surface area contributed by atoms with Crippen LogP contribution in [0.5, 0.6) is 0 Å². The molecule has 2 aromatic carbocycles. The number of amides is 3. The van der Waals surface area contributed by atoms with Gasteiger partial charge in [0.25, 0.3) is 11.8 Å². The Morgan fingerprint density at radius 1 is 0.971 bits per heavy atom. The highest BCUT2D eigenvalue weighted by atomic mass is 16.5. The SMILES string of the molecule is COCc1ccccc1-c1ccc2nc(NC(=O)[C@@H](C)N3C(=O)c4ccccc4C3=O)nn2c1. The lowest BCUT2D eigenvalue weighted by atomic mass is 10.0. The molecule has 4 aromatic rings. The Balaban J connectivity index is 1.37. The minimum Gasteiger partial charge on any atom is -0.380 e. The fourth-order valence-corrected chi connectivity index (χ4v) is 4.07. The van der Waals surface area contributed by atoms with Gasteiger partial charge in [-0.15, -0.1) is 5.10 Å². The Labute approximate surface area is 195 Å². The molecule has 0 unspecified atom stereocenters. The first-order valence-corrected chi connectivity index (χ1v) is 10.7. The highest BCUT2D eigenvalue weighted by Gasteiger charge is 2.40. The average molecular weight is 455 g/mol. The summed E-state index contributed by atoms with van der Waals surface area (Å²) in [5, 5.41) is 6.97. The second kappa shape index (κ2) is 8.53. The van der Waals surface area contributed by atoms with E-state index in [1.54, 1.807) is 42.0 Å². The number of carbonyl (C=O) groups excluding carboxylic acids is 3. The summed E-state index contributed by atoms with van der Waals surface area (Å²) >= 11 is 0. The summed E-state index contributed by atoms with van der Waals surface area (Å²) in [5.74, 6) is -1.47. The summed E-state index contributed by atoms with van der Waals surface area (Å²) in [6, 6.07) is 17.1. The van der Waals surface area contributed by atoms with Crippen molar-refractivity contribution in [1.82, 2.24) is 19.5 Å². The molecule has 1 N–H and O–H groups in total. The molecule has 1 aliphatic rings. The van der Waals surface area contributed by atoms with Gasteiger partial charge < -0.3 is 4.74 Å². The molecule has 34 heavy (non-hydrogen) atoms. The third-order valence-electron chi connectivity index (χ3n) is 5.79. The van der Waals surface area contributed by atoms with E-state index in [-0.39, 0.29) is 5.95 Å². The van der Waals surface area contributed by atoms with E-state index in [2.05, 4.69) is 15.4 Å². The number of rotatable bonds is 6. The molecule has 0 spiro atoms. The van der Waals surface area contributed by atoms with Crippen LogP contribution in [-0.2, 0) is 16.1 Å². The van der Waals surface area contributed by atoms with Crippen LogP contribution in [0.4, 0.5) is 5.95 Å². The molecule has 5 rings (SSSR count). The summed E-state index contributed by atoms with van der Waals surface area (Å²) in [6.07, 6.45) is 1.82. The fraction of sp³-hybridized carbons (Fsp3) is 0.160. The smallest absolute Gasteiger partial charge is 0.262 e. The third-order valence-corrected chi connectivity index (χ3v) is 5.79. The van der Waals surface area contributed by atoms with E-state index in [9.17, 15) is 14.4 Å². The van der Waals surface area contributed by atoms with Gasteiger partial charge in [-0.05, 0) is 42.3 Å². The molecule has 1 atom stereocenters. The second-order valence-electron chi connectivity index (χ2n) is 7.94. The number of methoxy groups -OCH3 is 1. The van der Waals surface area contributed by atoms with E-state index in [1.165, 1.54) is 6.92 Å². The Kier molecular flexibility index (Phi) is 5.39. The van der Waals surface area contributed by atoms with Crippen LogP contribution < -0.4 is 5.32 Å². The van der Waals surface area contributed by atoms with Gasteiger partial charge in [0.1, 0.15) is 6.04 Å². The first kappa shape index (κ1) is 21.5.